The first-order valence-electron chi connectivity index (χ1n) is 6.98. The summed E-state index contributed by atoms with van der Waals surface area (Å²) in [7, 11) is 1.59. The highest BCUT2D eigenvalue weighted by Gasteiger charge is 2.15. The average molecular weight is 372 g/mol. The molecule has 0 saturated carbocycles. The first-order chi connectivity index (χ1) is 11.0. The molecule has 0 aliphatic heterocycles. The maximum Gasteiger partial charge on any atom is 0.336 e. The van der Waals surface area contributed by atoms with Crippen molar-refractivity contribution in [2.75, 3.05) is 7.11 Å². The van der Waals surface area contributed by atoms with Crippen LogP contribution in [0, 0.1) is 6.92 Å². The highest BCUT2D eigenvalue weighted by molar-refractivity contribution is 9.10. The van der Waals surface area contributed by atoms with Crippen LogP contribution in [0.15, 0.2) is 46.9 Å². The van der Waals surface area contributed by atoms with Crippen LogP contribution in [0.25, 0.3) is 22.2 Å². The number of hydrogen-bond donors (Lipinski definition) is 1. The van der Waals surface area contributed by atoms with Gasteiger partial charge in [0.15, 0.2) is 0 Å². The number of carbonyl (C=O) groups is 1. The largest absolute Gasteiger partial charge is 0.496 e. The minimum atomic E-state index is -0.983. The molecule has 3 aromatic rings. The van der Waals surface area contributed by atoms with Gasteiger partial charge in [-0.1, -0.05) is 27.6 Å². The molecule has 0 spiro atoms. The van der Waals surface area contributed by atoms with Crippen LogP contribution in [0.1, 0.15) is 15.9 Å². The number of hydrogen-bond acceptors (Lipinski definition) is 3. The third kappa shape index (κ3) is 2.92. The number of aromatic nitrogens is 1. The molecule has 2 aromatic carbocycles. The molecular formula is C18H14BrNO3. The highest BCUT2D eigenvalue weighted by atomic mass is 79.9. The molecule has 0 bridgehead atoms. The van der Waals surface area contributed by atoms with Gasteiger partial charge in [-0.2, -0.15) is 0 Å². The lowest BCUT2D eigenvalue weighted by atomic mass is 10.0. The van der Waals surface area contributed by atoms with E-state index in [4.69, 9.17) is 4.74 Å². The molecule has 0 amide bonds. The lowest BCUT2D eigenvalue weighted by Crippen LogP contribution is -2.01. The van der Waals surface area contributed by atoms with Gasteiger partial charge < -0.3 is 9.84 Å². The fourth-order valence-electron chi connectivity index (χ4n) is 2.53. The fraction of sp³-hybridized carbons (Fsp3) is 0.111. The Morgan fingerprint density at radius 2 is 1.96 bits per heavy atom. The Bertz CT molecular complexity index is 922. The summed E-state index contributed by atoms with van der Waals surface area (Å²) in [6.45, 7) is 1.97. The van der Waals surface area contributed by atoms with Crippen LogP contribution >= 0.6 is 15.9 Å². The number of aromatic carboxylic acids is 1. The van der Waals surface area contributed by atoms with Gasteiger partial charge in [0.1, 0.15) is 5.75 Å². The van der Waals surface area contributed by atoms with Crippen LogP contribution in [0.5, 0.6) is 5.75 Å². The van der Waals surface area contributed by atoms with Gasteiger partial charge in [-0.25, -0.2) is 9.78 Å². The monoisotopic (exact) mass is 371 g/mol. The second-order valence-corrected chi connectivity index (χ2v) is 6.14. The molecule has 0 radical (unpaired) electrons. The van der Waals surface area contributed by atoms with Crippen LogP contribution in [0.3, 0.4) is 0 Å². The third-order valence-corrected chi connectivity index (χ3v) is 4.13. The van der Waals surface area contributed by atoms with Crippen LogP contribution in [-0.2, 0) is 0 Å². The molecule has 0 saturated heterocycles. The second kappa shape index (κ2) is 6.01. The minimum absolute atomic E-state index is 0.217. The molecule has 116 valence electrons. The van der Waals surface area contributed by atoms with E-state index in [1.54, 1.807) is 25.3 Å². The van der Waals surface area contributed by atoms with E-state index in [-0.39, 0.29) is 5.56 Å². The van der Waals surface area contributed by atoms with E-state index in [0.29, 0.717) is 22.3 Å². The first-order valence-corrected chi connectivity index (χ1v) is 7.77. The van der Waals surface area contributed by atoms with E-state index >= 15 is 0 Å². The molecule has 0 unspecified atom stereocenters. The molecule has 0 aliphatic rings. The minimum Gasteiger partial charge on any atom is -0.496 e. The normalized spacial score (nSPS) is 10.7. The van der Waals surface area contributed by atoms with Gasteiger partial charge in [0.2, 0.25) is 0 Å². The predicted octanol–water partition coefficient (Wildman–Crippen LogP) is 4.68. The summed E-state index contributed by atoms with van der Waals surface area (Å²) in [4.78, 5) is 16.3. The van der Waals surface area contributed by atoms with E-state index in [0.717, 1.165) is 15.6 Å². The quantitative estimate of drug-likeness (QED) is 0.725. The summed E-state index contributed by atoms with van der Waals surface area (Å²) in [6.07, 6.45) is 0. The van der Waals surface area contributed by atoms with E-state index in [9.17, 15) is 9.90 Å². The van der Waals surface area contributed by atoms with Gasteiger partial charge in [0.05, 0.1) is 23.9 Å². The summed E-state index contributed by atoms with van der Waals surface area (Å²) in [5.74, 6) is -0.320. The Hall–Kier alpha value is -2.40. The highest BCUT2D eigenvalue weighted by Crippen LogP contribution is 2.33. The van der Waals surface area contributed by atoms with Crippen molar-refractivity contribution in [1.29, 1.82) is 0 Å². The SMILES string of the molecule is COc1ccc(C)cc1-c1cc(C(=O)O)c2cc(Br)ccc2n1. The van der Waals surface area contributed by atoms with Crippen molar-refractivity contribution >= 4 is 32.8 Å². The number of ether oxygens (including phenoxy) is 1. The molecular weight excluding hydrogens is 358 g/mol. The smallest absolute Gasteiger partial charge is 0.336 e. The van der Waals surface area contributed by atoms with Crippen LogP contribution < -0.4 is 4.74 Å². The van der Waals surface area contributed by atoms with Crippen LogP contribution in [0.4, 0.5) is 0 Å². The maximum atomic E-state index is 11.7. The van der Waals surface area contributed by atoms with Crippen molar-refractivity contribution in [3.05, 3.63) is 58.1 Å². The lowest BCUT2D eigenvalue weighted by Gasteiger charge is -2.11. The molecule has 4 nitrogen and oxygen atoms in total. The number of nitrogens with zero attached hydrogens (tertiary/aromatic N) is 1. The topological polar surface area (TPSA) is 59.4 Å². The predicted molar refractivity (Wildman–Crippen MR) is 93.1 cm³/mol. The summed E-state index contributed by atoms with van der Waals surface area (Å²) in [5, 5.41) is 10.2. The number of carboxylic acid groups (broad SMARTS) is 1. The molecule has 1 aromatic heterocycles. The molecule has 1 heterocycles. The van der Waals surface area contributed by atoms with Gasteiger partial charge in [0, 0.05) is 15.4 Å². The third-order valence-electron chi connectivity index (χ3n) is 3.63. The van der Waals surface area contributed by atoms with Gasteiger partial charge >= 0.3 is 5.97 Å². The molecule has 0 fully saturated rings. The number of fused-ring (bicyclic) bond motifs is 1. The van der Waals surface area contributed by atoms with E-state index in [1.807, 2.05) is 31.2 Å². The molecule has 5 heteroatoms. The number of rotatable bonds is 3. The summed E-state index contributed by atoms with van der Waals surface area (Å²) in [6, 6.07) is 12.8. The van der Waals surface area contributed by atoms with Crippen molar-refractivity contribution in [1.82, 2.24) is 4.98 Å². The Labute approximate surface area is 141 Å². The molecule has 0 aliphatic carbocycles. The number of aryl methyl sites for hydroxylation is 1. The summed E-state index contributed by atoms with van der Waals surface area (Å²) in [5.41, 5.74) is 3.26. The number of carboxylic acids is 1. The van der Waals surface area contributed by atoms with Crippen LogP contribution in [0.2, 0.25) is 0 Å². The van der Waals surface area contributed by atoms with Crippen molar-refractivity contribution in [2.45, 2.75) is 6.92 Å². The van der Waals surface area contributed by atoms with Gasteiger partial charge in [-0.15, -0.1) is 0 Å². The summed E-state index contributed by atoms with van der Waals surface area (Å²) < 4.78 is 6.21. The van der Waals surface area contributed by atoms with Crippen LogP contribution in [-0.4, -0.2) is 23.2 Å². The second-order valence-electron chi connectivity index (χ2n) is 5.23. The average Bonchev–Trinajstić information content (AvgIpc) is 2.53. The Balaban J connectivity index is 2.33. The number of halogens is 1. The summed E-state index contributed by atoms with van der Waals surface area (Å²) >= 11 is 3.37. The molecule has 0 atom stereocenters. The first kappa shape index (κ1) is 15.5. The van der Waals surface area contributed by atoms with Gasteiger partial charge in [-0.05, 0) is 43.3 Å². The molecule has 23 heavy (non-hydrogen) atoms. The molecule has 1 N–H and O–H groups in total. The van der Waals surface area contributed by atoms with Crippen molar-refractivity contribution in [2.24, 2.45) is 0 Å². The van der Waals surface area contributed by atoms with E-state index in [2.05, 4.69) is 20.9 Å². The zero-order valence-electron chi connectivity index (χ0n) is 12.6. The fourth-order valence-corrected chi connectivity index (χ4v) is 2.90. The Morgan fingerprint density at radius 1 is 1.17 bits per heavy atom. The standard InChI is InChI=1S/C18H14BrNO3/c1-10-3-6-17(23-2)14(7-10)16-9-13(18(21)22)12-8-11(19)4-5-15(12)20-16/h3-9H,1-2H3,(H,21,22). The zero-order valence-corrected chi connectivity index (χ0v) is 14.2. The van der Waals surface area contributed by atoms with Gasteiger partial charge in [0.25, 0.3) is 0 Å². The van der Waals surface area contributed by atoms with Crippen molar-refractivity contribution < 1.29 is 14.6 Å². The number of benzene rings is 2. The lowest BCUT2D eigenvalue weighted by molar-refractivity contribution is 0.0699. The molecule has 3 rings (SSSR count). The van der Waals surface area contributed by atoms with E-state index < -0.39 is 5.97 Å². The number of methoxy groups -OCH3 is 1. The number of pyridine rings is 1. The Kier molecular flexibility index (Phi) is 4.05. The van der Waals surface area contributed by atoms with Gasteiger partial charge in [-0.3, -0.25) is 0 Å². The van der Waals surface area contributed by atoms with Crippen molar-refractivity contribution in [3.8, 4) is 17.0 Å². The van der Waals surface area contributed by atoms with Crippen molar-refractivity contribution in [3.63, 3.8) is 0 Å². The zero-order chi connectivity index (χ0) is 16.6. The maximum absolute atomic E-state index is 11.7. The Morgan fingerprint density at radius 3 is 2.65 bits per heavy atom. The van der Waals surface area contributed by atoms with E-state index in [1.165, 1.54) is 0 Å².